The number of nitrogens with one attached hydrogen (secondary N) is 2. The van der Waals surface area contributed by atoms with Crippen LogP contribution in [0.4, 0.5) is 17.5 Å². The van der Waals surface area contributed by atoms with E-state index in [2.05, 4.69) is 44.9 Å². The Morgan fingerprint density at radius 1 is 0.844 bits per heavy atom. The van der Waals surface area contributed by atoms with Gasteiger partial charge < -0.3 is 22.1 Å². The molecule has 4 aromatic rings. The van der Waals surface area contributed by atoms with E-state index in [1.807, 2.05) is 48.5 Å². The average Bonchev–Trinajstić information content (AvgIpc) is 2.79. The van der Waals surface area contributed by atoms with Crippen molar-refractivity contribution in [2.75, 3.05) is 23.3 Å². The van der Waals surface area contributed by atoms with Crippen molar-refractivity contribution in [3.8, 4) is 0 Å². The minimum absolute atomic E-state index is 0.0427. The van der Waals surface area contributed by atoms with E-state index >= 15 is 0 Å². The second-order valence-electron chi connectivity index (χ2n) is 7.63. The van der Waals surface area contributed by atoms with Crippen LogP contribution in [0.5, 0.6) is 0 Å². The molecular formula is C25H26N6O. The highest BCUT2D eigenvalue weighted by molar-refractivity contribution is 5.91. The van der Waals surface area contributed by atoms with Crippen molar-refractivity contribution < 1.29 is 4.79 Å². The van der Waals surface area contributed by atoms with Crippen LogP contribution in [-0.2, 0) is 24.2 Å². The maximum atomic E-state index is 12.1. The summed E-state index contributed by atoms with van der Waals surface area (Å²) in [5, 5.41) is 7.15. The number of nitrogens with two attached hydrogens (primary N) is 2. The average molecular weight is 427 g/mol. The van der Waals surface area contributed by atoms with E-state index in [0.717, 1.165) is 34.1 Å². The summed E-state index contributed by atoms with van der Waals surface area (Å²) in [6, 6.07) is 23.9. The van der Waals surface area contributed by atoms with Crippen LogP contribution in [0, 0.1) is 0 Å². The van der Waals surface area contributed by atoms with E-state index in [9.17, 15) is 4.79 Å². The first-order valence-electron chi connectivity index (χ1n) is 10.5. The zero-order chi connectivity index (χ0) is 22.3. The summed E-state index contributed by atoms with van der Waals surface area (Å²) in [4.78, 5) is 20.3. The number of carbonyl (C=O) groups excluding carboxylic acids is 1. The van der Waals surface area contributed by atoms with Gasteiger partial charge in [0.2, 0.25) is 11.9 Å². The highest BCUT2D eigenvalue weighted by Crippen LogP contribution is 2.23. The molecule has 0 unspecified atom stereocenters. The molecule has 162 valence electrons. The van der Waals surface area contributed by atoms with Crippen molar-refractivity contribution in [2.45, 2.75) is 19.4 Å². The van der Waals surface area contributed by atoms with Crippen LogP contribution in [0.15, 0.2) is 72.8 Å². The predicted molar refractivity (Wildman–Crippen MR) is 129 cm³/mol. The van der Waals surface area contributed by atoms with Crippen molar-refractivity contribution in [2.24, 2.45) is 0 Å². The molecule has 0 aliphatic heterocycles. The summed E-state index contributed by atoms with van der Waals surface area (Å²) in [6.07, 6.45) is 1.20. The standard InChI is InChI=1S/C25H26N6O/c26-24-21-15-20(10-11-22(21)30-25(27)31-24)29-16-19-8-6-17(7-9-19)12-13-28-23(32)14-18-4-2-1-3-5-18/h1-11,15,29H,12-14,16H2,(H,28,32)(H4,26,27,30,31). The summed E-state index contributed by atoms with van der Waals surface area (Å²) < 4.78 is 0. The quantitative estimate of drug-likeness (QED) is 0.343. The molecule has 1 heterocycles. The Labute approximate surface area is 186 Å². The molecule has 7 heteroatoms. The van der Waals surface area contributed by atoms with Gasteiger partial charge in [0.1, 0.15) is 5.82 Å². The lowest BCUT2D eigenvalue weighted by molar-refractivity contribution is -0.120. The molecule has 3 aromatic carbocycles. The fraction of sp³-hybridized carbons (Fsp3) is 0.160. The Morgan fingerprint density at radius 3 is 2.38 bits per heavy atom. The number of nitrogens with zero attached hydrogens (tertiary/aromatic N) is 2. The van der Waals surface area contributed by atoms with Crippen LogP contribution in [-0.4, -0.2) is 22.4 Å². The van der Waals surface area contributed by atoms with Crippen LogP contribution in [0.25, 0.3) is 10.9 Å². The van der Waals surface area contributed by atoms with E-state index in [1.165, 1.54) is 5.56 Å². The van der Waals surface area contributed by atoms with Gasteiger partial charge in [0.15, 0.2) is 0 Å². The second kappa shape index (κ2) is 9.78. The van der Waals surface area contributed by atoms with Gasteiger partial charge in [0.25, 0.3) is 0 Å². The molecule has 4 rings (SSSR count). The van der Waals surface area contributed by atoms with Crippen LogP contribution in [0.2, 0.25) is 0 Å². The SMILES string of the molecule is Nc1nc(N)c2cc(NCc3ccc(CCNC(=O)Cc4ccccc4)cc3)ccc2n1. The number of hydrogen-bond acceptors (Lipinski definition) is 6. The molecule has 32 heavy (non-hydrogen) atoms. The molecule has 0 aliphatic carbocycles. The lowest BCUT2D eigenvalue weighted by Gasteiger charge is -2.10. The molecule has 0 spiro atoms. The lowest BCUT2D eigenvalue weighted by Crippen LogP contribution is -2.27. The number of rotatable bonds is 8. The Morgan fingerprint density at radius 2 is 1.59 bits per heavy atom. The summed E-state index contributed by atoms with van der Waals surface area (Å²) in [7, 11) is 0. The topological polar surface area (TPSA) is 119 Å². The first kappa shape index (κ1) is 21.1. The maximum Gasteiger partial charge on any atom is 0.224 e. The van der Waals surface area contributed by atoms with E-state index in [1.54, 1.807) is 0 Å². The van der Waals surface area contributed by atoms with Gasteiger partial charge >= 0.3 is 0 Å². The van der Waals surface area contributed by atoms with Gasteiger partial charge in [0.05, 0.1) is 11.9 Å². The number of nitrogen functional groups attached to an aromatic ring is 2. The van der Waals surface area contributed by atoms with Gasteiger partial charge in [-0.1, -0.05) is 54.6 Å². The van der Waals surface area contributed by atoms with Crippen LogP contribution in [0.1, 0.15) is 16.7 Å². The number of benzene rings is 3. The minimum atomic E-state index is 0.0427. The summed E-state index contributed by atoms with van der Waals surface area (Å²) in [5.41, 5.74) is 16.6. The smallest absolute Gasteiger partial charge is 0.224 e. The maximum absolute atomic E-state index is 12.1. The zero-order valence-electron chi connectivity index (χ0n) is 17.7. The van der Waals surface area contributed by atoms with Crippen molar-refractivity contribution in [3.63, 3.8) is 0 Å². The van der Waals surface area contributed by atoms with Gasteiger partial charge in [-0.25, -0.2) is 4.98 Å². The largest absolute Gasteiger partial charge is 0.383 e. The molecule has 0 radical (unpaired) electrons. The van der Waals surface area contributed by atoms with E-state index in [0.29, 0.717) is 25.3 Å². The number of aromatic nitrogens is 2. The Kier molecular flexibility index (Phi) is 6.46. The molecule has 1 aromatic heterocycles. The fourth-order valence-corrected chi connectivity index (χ4v) is 3.50. The highest BCUT2D eigenvalue weighted by Gasteiger charge is 2.05. The molecule has 6 N–H and O–H groups in total. The van der Waals surface area contributed by atoms with Crippen LogP contribution in [0.3, 0.4) is 0 Å². The first-order valence-corrected chi connectivity index (χ1v) is 10.5. The van der Waals surface area contributed by atoms with Gasteiger partial charge in [-0.2, -0.15) is 4.98 Å². The second-order valence-corrected chi connectivity index (χ2v) is 7.63. The minimum Gasteiger partial charge on any atom is -0.383 e. The number of anilines is 3. The molecule has 0 saturated carbocycles. The summed E-state index contributed by atoms with van der Waals surface area (Å²) >= 11 is 0. The van der Waals surface area contributed by atoms with Crippen molar-refractivity contribution in [1.82, 2.24) is 15.3 Å². The lowest BCUT2D eigenvalue weighted by atomic mass is 10.1. The zero-order valence-corrected chi connectivity index (χ0v) is 17.7. The third-order valence-corrected chi connectivity index (χ3v) is 5.21. The molecule has 1 amide bonds. The van der Waals surface area contributed by atoms with E-state index in [4.69, 9.17) is 11.5 Å². The number of fused-ring (bicyclic) bond motifs is 1. The molecule has 0 fully saturated rings. The molecule has 0 bridgehead atoms. The normalized spacial score (nSPS) is 10.8. The van der Waals surface area contributed by atoms with Gasteiger partial charge in [-0.05, 0) is 41.3 Å². The fourth-order valence-electron chi connectivity index (χ4n) is 3.50. The summed E-state index contributed by atoms with van der Waals surface area (Å²) in [6.45, 7) is 1.30. The monoisotopic (exact) mass is 426 g/mol. The molecular weight excluding hydrogens is 400 g/mol. The molecule has 0 aliphatic rings. The molecule has 7 nitrogen and oxygen atoms in total. The van der Waals surface area contributed by atoms with Crippen molar-refractivity contribution >= 4 is 34.3 Å². The Balaban J connectivity index is 1.26. The molecule has 0 atom stereocenters. The van der Waals surface area contributed by atoms with Gasteiger partial charge in [-0.3, -0.25) is 4.79 Å². The Bertz CT molecular complexity index is 1210. The van der Waals surface area contributed by atoms with Crippen LogP contribution >= 0.6 is 0 Å². The third-order valence-electron chi connectivity index (χ3n) is 5.21. The van der Waals surface area contributed by atoms with Gasteiger partial charge in [-0.15, -0.1) is 0 Å². The number of carbonyl (C=O) groups is 1. The van der Waals surface area contributed by atoms with E-state index < -0.39 is 0 Å². The Hall–Kier alpha value is -4.13. The van der Waals surface area contributed by atoms with Crippen molar-refractivity contribution in [3.05, 3.63) is 89.5 Å². The molecule has 0 saturated heterocycles. The number of hydrogen-bond donors (Lipinski definition) is 4. The summed E-state index contributed by atoms with van der Waals surface area (Å²) in [5.74, 6) is 0.587. The number of amides is 1. The van der Waals surface area contributed by atoms with Crippen LogP contribution < -0.4 is 22.1 Å². The highest BCUT2D eigenvalue weighted by atomic mass is 16.1. The van der Waals surface area contributed by atoms with Crippen molar-refractivity contribution in [1.29, 1.82) is 0 Å². The first-order chi connectivity index (χ1) is 15.6. The van der Waals surface area contributed by atoms with Gasteiger partial charge in [0, 0.05) is 24.2 Å². The third kappa shape index (κ3) is 5.51. The van der Waals surface area contributed by atoms with E-state index in [-0.39, 0.29) is 11.9 Å². The predicted octanol–water partition coefficient (Wildman–Crippen LogP) is 3.31.